The Balaban J connectivity index is 1.68. The fourth-order valence-corrected chi connectivity index (χ4v) is 4.67. The first kappa shape index (κ1) is 24.8. The Morgan fingerprint density at radius 2 is 1.76 bits per heavy atom. The van der Waals surface area contributed by atoms with Crippen molar-refractivity contribution < 1.29 is 9.47 Å². The highest BCUT2D eigenvalue weighted by Crippen LogP contribution is 2.36. The highest BCUT2D eigenvalue weighted by molar-refractivity contribution is 5.93. The second kappa shape index (κ2) is 11.9. The molecule has 1 aromatic heterocycles. The van der Waals surface area contributed by atoms with E-state index >= 15 is 0 Å². The van der Waals surface area contributed by atoms with Gasteiger partial charge in [0.05, 0.1) is 19.2 Å². The largest absolute Gasteiger partial charge is 0.493 e. The Hall–Kier alpha value is -2.36. The van der Waals surface area contributed by atoms with Crippen LogP contribution >= 0.6 is 0 Å². The van der Waals surface area contributed by atoms with Crippen LogP contribution in [0.3, 0.4) is 0 Å². The zero-order valence-electron chi connectivity index (χ0n) is 21.1. The Morgan fingerprint density at radius 1 is 0.971 bits per heavy atom. The molecule has 0 radical (unpaired) electrons. The Morgan fingerprint density at radius 3 is 2.53 bits per heavy atom. The van der Waals surface area contributed by atoms with Crippen LogP contribution in [0.4, 0.5) is 11.8 Å². The molecule has 2 fully saturated rings. The molecule has 2 aliphatic heterocycles. The van der Waals surface area contributed by atoms with Gasteiger partial charge in [-0.2, -0.15) is 4.98 Å². The van der Waals surface area contributed by atoms with Crippen molar-refractivity contribution in [1.29, 1.82) is 0 Å². The lowest BCUT2D eigenvalue weighted by Gasteiger charge is -2.30. The van der Waals surface area contributed by atoms with Crippen molar-refractivity contribution in [3.63, 3.8) is 0 Å². The predicted octanol–water partition coefficient (Wildman–Crippen LogP) is 2.40. The summed E-state index contributed by atoms with van der Waals surface area (Å²) in [5.74, 6) is 3.11. The van der Waals surface area contributed by atoms with Crippen LogP contribution < -0.4 is 25.4 Å². The molecule has 2 aliphatic rings. The highest BCUT2D eigenvalue weighted by Gasteiger charge is 2.22. The molecular formula is C25H41N7O2. The van der Waals surface area contributed by atoms with Gasteiger partial charge in [-0.15, -0.1) is 0 Å². The van der Waals surface area contributed by atoms with Crippen LogP contribution in [0.25, 0.3) is 10.9 Å². The van der Waals surface area contributed by atoms with Gasteiger partial charge in [0.2, 0.25) is 5.95 Å². The highest BCUT2D eigenvalue weighted by atomic mass is 16.5. The van der Waals surface area contributed by atoms with Gasteiger partial charge in [0.25, 0.3) is 0 Å². The number of likely N-dealkylation sites (tertiary alicyclic amines) is 1. The maximum atomic E-state index is 6.07. The van der Waals surface area contributed by atoms with Gasteiger partial charge in [0, 0.05) is 37.1 Å². The lowest BCUT2D eigenvalue weighted by molar-refractivity contribution is 0.263. The van der Waals surface area contributed by atoms with Crippen LogP contribution in [0.2, 0.25) is 0 Å². The fourth-order valence-electron chi connectivity index (χ4n) is 4.67. The monoisotopic (exact) mass is 471 g/mol. The van der Waals surface area contributed by atoms with E-state index in [0.29, 0.717) is 24.9 Å². The van der Waals surface area contributed by atoms with Gasteiger partial charge in [-0.1, -0.05) is 0 Å². The predicted molar refractivity (Wildman–Crippen MR) is 138 cm³/mol. The molecule has 0 amide bonds. The number of piperidine rings is 1. The lowest BCUT2D eigenvalue weighted by atomic mass is 10.1. The maximum Gasteiger partial charge on any atom is 0.227 e. The van der Waals surface area contributed by atoms with Crippen molar-refractivity contribution in [2.45, 2.75) is 38.1 Å². The molecule has 2 aromatic rings. The number of unbranched alkanes of at least 4 members (excludes halogenated alkanes) is 1. The fraction of sp³-hybridized carbons (Fsp3) is 0.680. The van der Waals surface area contributed by atoms with Crippen molar-refractivity contribution in [3.05, 3.63) is 12.1 Å². The molecule has 0 spiro atoms. The molecule has 9 nitrogen and oxygen atoms in total. The van der Waals surface area contributed by atoms with E-state index in [2.05, 4.69) is 34.1 Å². The third-order valence-corrected chi connectivity index (χ3v) is 6.89. The first-order valence-electron chi connectivity index (χ1n) is 12.7. The summed E-state index contributed by atoms with van der Waals surface area (Å²) in [6.07, 6.45) is 5.16. The smallest absolute Gasteiger partial charge is 0.227 e. The summed E-state index contributed by atoms with van der Waals surface area (Å²) in [7, 11) is 6.05. The summed E-state index contributed by atoms with van der Waals surface area (Å²) < 4.78 is 11.8. The number of likely N-dealkylation sites (N-methyl/N-ethyl adjacent to an activating group) is 1. The Kier molecular flexibility index (Phi) is 8.64. The topological polar surface area (TPSA) is 92.0 Å². The minimum absolute atomic E-state index is 0.399. The third kappa shape index (κ3) is 6.20. The van der Waals surface area contributed by atoms with Crippen LogP contribution in [0.15, 0.2) is 12.1 Å². The summed E-state index contributed by atoms with van der Waals surface area (Å²) in [4.78, 5) is 17.1. The molecule has 3 N–H and O–H groups in total. The SMILES string of the molecule is COc1cc2c(NC3CCN(C)CC3)nc(N3CCCN(C)CC3)nc2cc1OCCCCN. The number of ether oxygens (including phenoxy) is 2. The molecule has 3 heterocycles. The van der Waals surface area contributed by atoms with E-state index in [1.54, 1.807) is 7.11 Å². The van der Waals surface area contributed by atoms with Crippen LogP contribution in [-0.2, 0) is 0 Å². The minimum Gasteiger partial charge on any atom is -0.493 e. The van der Waals surface area contributed by atoms with E-state index < -0.39 is 0 Å². The van der Waals surface area contributed by atoms with Gasteiger partial charge in [-0.3, -0.25) is 0 Å². The van der Waals surface area contributed by atoms with Crippen molar-refractivity contribution in [2.75, 3.05) is 83.8 Å². The standard InChI is InChI=1S/C25H41N7O2/c1-30-10-6-11-32(15-14-30)25-28-21-18-23(34-16-5-4-9-26)22(33-3)17-20(21)24(29-25)27-19-7-12-31(2)13-8-19/h17-19H,4-16,26H2,1-3H3,(H,27,28,29). The molecule has 4 rings (SSSR count). The number of nitrogens with one attached hydrogen (secondary N) is 1. The van der Waals surface area contributed by atoms with Crippen LogP contribution in [0.1, 0.15) is 32.1 Å². The van der Waals surface area contributed by atoms with Gasteiger partial charge >= 0.3 is 0 Å². The first-order chi connectivity index (χ1) is 16.6. The number of fused-ring (bicyclic) bond motifs is 1. The third-order valence-electron chi connectivity index (χ3n) is 6.89. The summed E-state index contributed by atoms with van der Waals surface area (Å²) >= 11 is 0. The number of hydrogen-bond donors (Lipinski definition) is 2. The van der Waals surface area contributed by atoms with E-state index in [0.717, 1.165) is 99.8 Å². The zero-order valence-corrected chi connectivity index (χ0v) is 21.1. The number of nitrogens with zero attached hydrogens (tertiary/aromatic N) is 5. The molecule has 9 heteroatoms. The van der Waals surface area contributed by atoms with E-state index in [1.165, 1.54) is 0 Å². The number of hydrogen-bond acceptors (Lipinski definition) is 9. The molecule has 188 valence electrons. The van der Waals surface area contributed by atoms with Gasteiger partial charge in [0.1, 0.15) is 5.82 Å². The number of nitrogens with two attached hydrogens (primary N) is 1. The Labute approximate surface area is 203 Å². The van der Waals surface area contributed by atoms with Crippen molar-refractivity contribution in [1.82, 2.24) is 19.8 Å². The van der Waals surface area contributed by atoms with Gasteiger partial charge in [-0.25, -0.2) is 4.98 Å². The molecule has 0 unspecified atom stereocenters. The van der Waals surface area contributed by atoms with Crippen LogP contribution in [0.5, 0.6) is 11.5 Å². The normalized spacial score (nSPS) is 18.8. The van der Waals surface area contributed by atoms with Crippen LogP contribution in [0, 0.1) is 0 Å². The van der Waals surface area contributed by atoms with E-state index in [9.17, 15) is 0 Å². The number of benzene rings is 1. The van der Waals surface area contributed by atoms with E-state index in [4.69, 9.17) is 25.2 Å². The molecule has 0 atom stereocenters. The second-order valence-electron chi connectivity index (χ2n) is 9.60. The summed E-state index contributed by atoms with van der Waals surface area (Å²) in [6.45, 7) is 7.46. The quantitative estimate of drug-likeness (QED) is 0.535. The second-order valence-corrected chi connectivity index (χ2v) is 9.60. The molecule has 2 saturated heterocycles. The number of rotatable bonds is 9. The average Bonchev–Trinajstić information content (AvgIpc) is 3.07. The maximum absolute atomic E-state index is 6.07. The molecule has 0 aliphatic carbocycles. The zero-order chi connectivity index (χ0) is 23.9. The van der Waals surface area contributed by atoms with Gasteiger partial charge < -0.3 is 35.2 Å². The van der Waals surface area contributed by atoms with Crippen molar-refractivity contribution in [2.24, 2.45) is 5.73 Å². The van der Waals surface area contributed by atoms with Gasteiger partial charge in [0.15, 0.2) is 11.5 Å². The minimum atomic E-state index is 0.399. The van der Waals surface area contributed by atoms with E-state index in [-0.39, 0.29) is 0 Å². The summed E-state index contributed by atoms with van der Waals surface area (Å²) in [5.41, 5.74) is 6.51. The number of aromatic nitrogens is 2. The van der Waals surface area contributed by atoms with E-state index in [1.807, 2.05) is 12.1 Å². The van der Waals surface area contributed by atoms with Crippen molar-refractivity contribution >= 4 is 22.7 Å². The molecule has 34 heavy (non-hydrogen) atoms. The van der Waals surface area contributed by atoms with Crippen molar-refractivity contribution in [3.8, 4) is 11.5 Å². The Bertz CT molecular complexity index is 933. The molecular weight excluding hydrogens is 430 g/mol. The van der Waals surface area contributed by atoms with Crippen LogP contribution in [-0.4, -0.2) is 99.4 Å². The summed E-state index contributed by atoms with van der Waals surface area (Å²) in [6, 6.07) is 4.42. The first-order valence-corrected chi connectivity index (χ1v) is 12.7. The molecule has 0 saturated carbocycles. The number of methoxy groups -OCH3 is 1. The average molecular weight is 472 g/mol. The number of anilines is 2. The summed E-state index contributed by atoms with van der Waals surface area (Å²) in [5, 5.41) is 4.73. The molecule has 1 aromatic carbocycles. The van der Waals surface area contributed by atoms with Gasteiger partial charge in [-0.05, 0) is 78.4 Å². The molecule has 0 bridgehead atoms. The lowest BCUT2D eigenvalue weighted by Crippen LogP contribution is -2.37.